The number of rotatable bonds is 7. The van der Waals surface area contributed by atoms with Crippen LogP contribution in [0.3, 0.4) is 0 Å². The van der Waals surface area contributed by atoms with E-state index in [0.717, 1.165) is 6.20 Å². The summed E-state index contributed by atoms with van der Waals surface area (Å²) in [6.07, 6.45) is 1.46. The molecular weight excluding hydrogens is 367 g/mol. The number of nitrogens with one attached hydrogen (secondary N) is 1. The Hall–Kier alpha value is -2.23. The van der Waals surface area contributed by atoms with Gasteiger partial charge in [-0.15, -0.1) is 0 Å². The Balaban J connectivity index is 3.07. The number of ether oxygens (including phenoxy) is 2. The van der Waals surface area contributed by atoms with Gasteiger partial charge in [0.2, 0.25) is 0 Å². The van der Waals surface area contributed by atoms with E-state index in [0.29, 0.717) is 6.42 Å². The van der Waals surface area contributed by atoms with Crippen molar-refractivity contribution >= 4 is 40.8 Å². The molecule has 0 unspecified atom stereocenters. The molecular formula is C17H18Cl2N2O4. The highest BCUT2D eigenvalue weighted by Crippen LogP contribution is 2.32. The van der Waals surface area contributed by atoms with Crippen molar-refractivity contribution in [2.75, 3.05) is 11.9 Å². The Morgan fingerprint density at radius 1 is 1.36 bits per heavy atom. The summed E-state index contributed by atoms with van der Waals surface area (Å²) in [5.74, 6) is -1.41. The van der Waals surface area contributed by atoms with E-state index in [-0.39, 0.29) is 39.6 Å². The number of carbonyl (C=O) groups is 2. The van der Waals surface area contributed by atoms with Crippen LogP contribution < -0.4 is 5.32 Å². The highest BCUT2D eigenvalue weighted by molar-refractivity contribution is 6.41. The van der Waals surface area contributed by atoms with Gasteiger partial charge in [0.15, 0.2) is 5.57 Å². The number of hydrogen-bond donors (Lipinski definition) is 1. The summed E-state index contributed by atoms with van der Waals surface area (Å²) in [6.45, 7) is 5.45. The summed E-state index contributed by atoms with van der Waals surface area (Å²) in [4.78, 5) is 23.8. The molecule has 0 radical (unpaired) electrons. The molecule has 6 nitrogen and oxygen atoms in total. The van der Waals surface area contributed by atoms with Gasteiger partial charge >= 0.3 is 11.9 Å². The second-order valence-corrected chi connectivity index (χ2v) is 5.97. The number of hydrogen-bond acceptors (Lipinski definition) is 6. The van der Waals surface area contributed by atoms with E-state index in [4.69, 9.17) is 37.9 Å². The third kappa shape index (κ3) is 5.96. The lowest BCUT2D eigenvalue weighted by Gasteiger charge is -2.13. The first-order valence-corrected chi connectivity index (χ1v) is 8.30. The zero-order chi connectivity index (χ0) is 19.0. The van der Waals surface area contributed by atoms with Crippen LogP contribution >= 0.6 is 23.2 Å². The van der Waals surface area contributed by atoms with Crippen molar-refractivity contribution in [1.29, 1.82) is 5.26 Å². The van der Waals surface area contributed by atoms with E-state index < -0.39 is 11.9 Å². The molecule has 0 aliphatic heterocycles. The highest BCUT2D eigenvalue weighted by atomic mass is 35.5. The Morgan fingerprint density at radius 2 is 2.04 bits per heavy atom. The minimum atomic E-state index is -0.749. The average molecular weight is 385 g/mol. The van der Waals surface area contributed by atoms with Crippen molar-refractivity contribution in [3.05, 3.63) is 39.5 Å². The summed E-state index contributed by atoms with van der Waals surface area (Å²) in [7, 11) is 0. The summed E-state index contributed by atoms with van der Waals surface area (Å²) in [5, 5.41) is 11.9. The third-order valence-corrected chi connectivity index (χ3v) is 3.50. The fraction of sp³-hybridized carbons (Fsp3) is 0.353. The normalized spacial score (nSPS) is 11.0. The van der Waals surface area contributed by atoms with Crippen LogP contribution in [0, 0.1) is 11.3 Å². The van der Waals surface area contributed by atoms with Crippen molar-refractivity contribution in [2.45, 2.75) is 33.3 Å². The summed E-state index contributed by atoms with van der Waals surface area (Å²) in [6, 6.07) is 4.71. The molecule has 0 aliphatic rings. The number of carbonyl (C=O) groups excluding carboxylic acids is 2. The largest absolute Gasteiger partial charge is 0.462 e. The molecule has 0 atom stereocenters. The maximum absolute atomic E-state index is 12.1. The van der Waals surface area contributed by atoms with Crippen LogP contribution in [0.2, 0.25) is 10.0 Å². The topological polar surface area (TPSA) is 88.4 Å². The predicted octanol–water partition coefficient (Wildman–Crippen LogP) is 4.33. The van der Waals surface area contributed by atoms with E-state index in [1.165, 1.54) is 12.1 Å². The SMILES string of the molecule is CCCOC(=O)C(C#N)=CNc1ccc(Cl)c(C(=O)OC(C)C)c1Cl. The summed E-state index contributed by atoms with van der Waals surface area (Å²) in [5.41, 5.74) is 0.0612. The van der Waals surface area contributed by atoms with E-state index >= 15 is 0 Å². The molecule has 0 saturated heterocycles. The minimum Gasteiger partial charge on any atom is -0.462 e. The predicted molar refractivity (Wildman–Crippen MR) is 95.6 cm³/mol. The molecule has 1 aromatic carbocycles. The van der Waals surface area contributed by atoms with E-state index in [2.05, 4.69) is 5.32 Å². The molecule has 1 rings (SSSR count). The lowest BCUT2D eigenvalue weighted by atomic mass is 10.2. The molecule has 1 N–H and O–H groups in total. The number of nitriles is 1. The van der Waals surface area contributed by atoms with Gasteiger partial charge in [0, 0.05) is 6.20 Å². The molecule has 0 heterocycles. The molecule has 1 aromatic rings. The molecule has 0 aliphatic carbocycles. The van der Waals surface area contributed by atoms with Crippen LogP contribution in [0.4, 0.5) is 5.69 Å². The van der Waals surface area contributed by atoms with Crippen molar-refractivity contribution < 1.29 is 19.1 Å². The monoisotopic (exact) mass is 384 g/mol. The van der Waals surface area contributed by atoms with Gasteiger partial charge < -0.3 is 14.8 Å². The minimum absolute atomic E-state index is 0.00232. The quantitative estimate of drug-likeness (QED) is 0.427. The van der Waals surface area contributed by atoms with Crippen LogP contribution in [-0.4, -0.2) is 24.6 Å². The number of esters is 2. The zero-order valence-corrected chi connectivity index (χ0v) is 15.6. The van der Waals surface area contributed by atoms with Gasteiger partial charge in [-0.1, -0.05) is 30.1 Å². The van der Waals surface area contributed by atoms with Gasteiger partial charge in [0.05, 0.1) is 34.0 Å². The number of anilines is 1. The fourth-order valence-corrected chi connectivity index (χ4v) is 2.26. The lowest BCUT2D eigenvalue weighted by molar-refractivity contribution is -0.138. The average Bonchev–Trinajstić information content (AvgIpc) is 2.54. The number of nitrogens with zero attached hydrogens (tertiary/aromatic N) is 1. The Bertz CT molecular complexity index is 724. The van der Waals surface area contributed by atoms with Gasteiger partial charge in [0.25, 0.3) is 0 Å². The zero-order valence-electron chi connectivity index (χ0n) is 14.1. The van der Waals surface area contributed by atoms with Crippen LogP contribution in [0.25, 0.3) is 0 Å². The van der Waals surface area contributed by atoms with Crippen molar-refractivity contribution in [2.24, 2.45) is 0 Å². The Labute approximate surface area is 156 Å². The maximum atomic E-state index is 12.1. The van der Waals surface area contributed by atoms with Gasteiger partial charge in [0.1, 0.15) is 6.07 Å². The molecule has 8 heteroatoms. The van der Waals surface area contributed by atoms with Gasteiger partial charge in [-0.2, -0.15) is 5.26 Å². The van der Waals surface area contributed by atoms with Crippen molar-refractivity contribution in [3.8, 4) is 6.07 Å². The molecule has 0 aromatic heterocycles. The maximum Gasteiger partial charge on any atom is 0.350 e. The Morgan fingerprint density at radius 3 is 2.60 bits per heavy atom. The van der Waals surface area contributed by atoms with Gasteiger partial charge in [-0.25, -0.2) is 9.59 Å². The molecule has 0 spiro atoms. The van der Waals surface area contributed by atoms with Crippen molar-refractivity contribution in [1.82, 2.24) is 0 Å². The molecule has 0 bridgehead atoms. The first kappa shape index (κ1) is 20.8. The standard InChI is InChI=1S/C17H18Cl2N2O4/c1-4-7-24-16(22)11(8-20)9-21-13-6-5-12(18)14(15(13)19)17(23)25-10(2)3/h5-6,9-10,21H,4,7H2,1-3H3. The molecule has 134 valence electrons. The van der Waals surface area contributed by atoms with E-state index in [9.17, 15) is 9.59 Å². The highest BCUT2D eigenvalue weighted by Gasteiger charge is 2.20. The van der Waals surface area contributed by atoms with Crippen molar-refractivity contribution in [3.63, 3.8) is 0 Å². The molecule has 0 saturated carbocycles. The lowest BCUT2D eigenvalue weighted by Crippen LogP contribution is -2.13. The third-order valence-electron chi connectivity index (χ3n) is 2.79. The van der Waals surface area contributed by atoms with E-state index in [1.807, 2.05) is 6.92 Å². The second kappa shape index (κ2) is 9.92. The number of benzene rings is 1. The fourth-order valence-electron chi connectivity index (χ4n) is 1.68. The van der Waals surface area contributed by atoms with E-state index in [1.54, 1.807) is 19.9 Å². The molecule has 0 fully saturated rings. The van der Waals surface area contributed by atoms with Crippen LogP contribution in [0.15, 0.2) is 23.9 Å². The first-order valence-electron chi connectivity index (χ1n) is 7.54. The van der Waals surface area contributed by atoms with Crippen LogP contribution in [0.1, 0.15) is 37.6 Å². The molecule has 0 amide bonds. The smallest absolute Gasteiger partial charge is 0.350 e. The number of halogens is 2. The summed E-state index contributed by atoms with van der Waals surface area (Å²) >= 11 is 12.2. The second-order valence-electron chi connectivity index (χ2n) is 5.19. The van der Waals surface area contributed by atoms with Crippen LogP contribution in [-0.2, 0) is 14.3 Å². The Kier molecular flexibility index (Phi) is 8.26. The first-order chi connectivity index (χ1) is 11.8. The summed E-state index contributed by atoms with van der Waals surface area (Å²) < 4.78 is 9.99. The van der Waals surface area contributed by atoms with Gasteiger partial charge in [-0.3, -0.25) is 0 Å². The van der Waals surface area contributed by atoms with Gasteiger partial charge in [-0.05, 0) is 32.4 Å². The van der Waals surface area contributed by atoms with Crippen LogP contribution in [0.5, 0.6) is 0 Å². The molecule has 25 heavy (non-hydrogen) atoms.